The highest BCUT2D eigenvalue weighted by molar-refractivity contribution is 7.09. The van der Waals surface area contributed by atoms with Crippen LogP contribution in [0.5, 0.6) is 0 Å². The maximum atomic E-state index is 5.98. The van der Waals surface area contributed by atoms with E-state index in [4.69, 9.17) is 16.3 Å². The second kappa shape index (κ2) is 8.49. The summed E-state index contributed by atoms with van der Waals surface area (Å²) in [5.41, 5.74) is 2.45. The van der Waals surface area contributed by atoms with Crippen molar-refractivity contribution in [3.8, 4) is 0 Å². The highest BCUT2D eigenvalue weighted by Gasteiger charge is 2.14. The van der Waals surface area contributed by atoms with Crippen molar-refractivity contribution in [2.45, 2.75) is 19.3 Å². The van der Waals surface area contributed by atoms with Crippen molar-refractivity contribution in [3.05, 3.63) is 50.9 Å². The Morgan fingerprint density at radius 1 is 1.33 bits per heavy atom. The van der Waals surface area contributed by atoms with E-state index >= 15 is 0 Å². The minimum atomic E-state index is 0.389. The first-order valence-electron chi connectivity index (χ1n) is 7.05. The third kappa shape index (κ3) is 5.40. The average Bonchev–Trinajstić information content (AvgIpc) is 2.88. The summed E-state index contributed by atoms with van der Waals surface area (Å²) in [5.74, 6) is 0.389. The van der Waals surface area contributed by atoms with Gasteiger partial charge in [-0.3, -0.25) is 0 Å². The largest absolute Gasteiger partial charge is 0.383 e. The Hall–Kier alpha value is -0.940. The Labute approximate surface area is 135 Å². The van der Waals surface area contributed by atoms with Crippen molar-refractivity contribution in [1.29, 1.82) is 0 Å². The molecule has 114 valence electrons. The van der Waals surface area contributed by atoms with Crippen molar-refractivity contribution in [2.24, 2.45) is 0 Å². The van der Waals surface area contributed by atoms with Gasteiger partial charge in [0.1, 0.15) is 0 Å². The molecule has 0 amide bonds. The van der Waals surface area contributed by atoms with Gasteiger partial charge in [-0.05, 0) is 31.0 Å². The van der Waals surface area contributed by atoms with Crippen LogP contribution in [0.4, 0.5) is 0 Å². The molecule has 1 atom stereocenters. The number of rotatable bonds is 8. The van der Waals surface area contributed by atoms with Gasteiger partial charge in [0.15, 0.2) is 0 Å². The number of halogens is 1. The van der Waals surface area contributed by atoms with Crippen molar-refractivity contribution in [1.82, 2.24) is 10.3 Å². The van der Waals surface area contributed by atoms with Gasteiger partial charge in [-0.1, -0.05) is 23.7 Å². The Bertz CT molecular complexity index is 541. The predicted molar refractivity (Wildman–Crippen MR) is 89.5 cm³/mol. The van der Waals surface area contributed by atoms with Crippen molar-refractivity contribution < 1.29 is 4.74 Å². The summed E-state index contributed by atoms with van der Waals surface area (Å²) in [4.78, 5) is 4.58. The summed E-state index contributed by atoms with van der Waals surface area (Å²) in [6.45, 7) is 4.53. The molecular formula is C16H21ClN2OS. The standard InChI is InChI=1S/C16H21ClN2OS/c1-12-19-16(11-21-12)9-14(10-18-7-8-20-2)13-3-5-15(17)6-4-13/h3-6,11,14,18H,7-10H2,1-2H3. The van der Waals surface area contributed by atoms with E-state index in [2.05, 4.69) is 27.8 Å². The fourth-order valence-electron chi connectivity index (χ4n) is 2.25. The first kappa shape index (κ1) is 16.4. The third-order valence-corrected chi connectivity index (χ3v) is 4.41. The van der Waals surface area contributed by atoms with E-state index in [0.29, 0.717) is 5.92 Å². The second-order valence-corrected chi connectivity index (χ2v) is 6.51. The van der Waals surface area contributed by atoms with Crippen molar-refractivity contribution in [3.63, 3.8) is 0 Å². The molecule has 0 aliphatic rings. The van der Waals surface area contributed by atoms with Crippen LogP contribution in [0.15, 0.2) is 29.6 Å². The molecule has 0 aliphatic carbocycles. The van der Waals surface area contributed by atoms with Gasteiger partial charge in [-0.2, -0.15) is 0 Å². The molecule has 1 aromatic heterocycles. The summed E-state index contributed by atoms with van der Waals surface area (Å²) in [6.07, 6.45) is 0.936. The smallest absolute Gasteiger partial charge is 0.0897 e. The number of ether oxygens (including phenoxy) is 1. The topological polar surface area (TPSA) is 34.1 Å². The van der Waals surface area contributed by atoms with Crippen LogP contribution in [0.2, 0.25) is 5.02 Å². The lowest BCUT2D eigenvalue weighted by Gasteiger charge is -2.17. The Morgan fingerprint density at radius 2 is 2.10 bits per heavy atom. The first-order chi connectivity index (χ1) is 10.2. The lowest BCUT2D eigenvalue weighted by atomic mass is 9.94. The molecule has 3 nitrogen and oxygen atoms in total. The zero-order chi connectivity index (χ0) is 15.1. The number of benzene rings is 1. The molecule has 1 heterocycles. The van der Waals surface area contributed by atoms with E-state index in [1.165, 1.54) is 5.56 Å². The van der Waals surface area contributed by atoms with E-state index < -0.39 is 0 Å². The molecule has 0 bridgehead atoms. The first-order valence-corrected chi connectivity index (χ1v) is 8.31. The van der Waals surface area contributed by atoms with Crippen LogP contribution in [0.1, 0.15) is 22.2 Å². The zero-order valence-electron chi connectivity index (χ0n) is 12.4. The lowest BCUT2D eigenvalue weighted by Crippen LogP contribution is -2.26. The molecule has 0 saturated carbocycles. The van der Waals surface area contributed by atoms with Crippen LogP contribution < -0.4 is 5.32 Å². The number of hydrogen-bond acceptors (Lipinski definition) is 4. The molecule has 0 saturated heterocycles. The third-order valence-electron chi connectivity index (χ3n) is 3.34. The quantitative estimate of drug-likeness (QED) is 0.752. The number of methoxy groups -OCH3 is 1. The summed E-state index contributed by atoms with van der Waals surface area (Å²) < 4.78 is 5.08. The van der Waals surface area contributed by atoms with Crippen LogP contribution in [-0.2, 0) is 11.2 Å². The fraction of sp³-hybridized carbons (Fsp3) is 0.438. The number of nitrogens with one attached hydrogen (secondary N) is 1. The average molecular weight is 325 g/mol. The number of aryl methyl sites for hydroxylation is 1. The molecule has 0 spiro atoms. The molecule has 2 aromatic rings. The van der Waals surface area contributed by atoms with Gasteiger partial charge >= 0.3 is 0 Å². The molecule has 2 rings (SSSR count). The normalized spacial score (nSPS) is 12.5. The van der Waals surface area contributed by atoms with E-state index in [9.17, 15) is 0 Å². The summed E-state index contributed by atoms with van der Waals surface area (Å²) in [7, 11) is 1.72. The molecule has 5 heteroatoms. The van der Waals surface area contributed by atoms with Crippen molar-refractivity contribution >= 4 is 22.9 Å². The van der Waals surface area contributed by atoms with Crippen molar-refractivity contribution in [2.75, 3.05) is 26.8 Å². The van der Waals surface area contributed by atoms with Gasteiger partial charge < -0.3 is 10.1 Å². The van der Waals surface area contributed by atoms with E-state index in [-0.39, 0.29) is 0 Å². The molecule has 0 fully saturated rings. The minimum Gasteiger partial charge on any atom is -0.383 e. The van der Waals surface area contributed by atoms with Gasteiger partial charge in [-0.25, -0.2) is 4.98 Å². The molecular weight excluding hydrogens is 304 g/mol. The van der Waals surface area contributed by atoms with E-state index in [1.54, 1.807) is 18.4 Å². The molecule has 21 heavy (non-hydrogen) atoms. The van der Waals surface area contributed by atoms with E-state index in [1.807, 2.05) is 19.1 Å². The zero-order valence-corrected chi connectivity index (χ0v) is 14.0. The highest BCUT2D eigenvalue weighted by atomic mass is 35.5. The second-order valence-electron chi connectivity index (χ2n) is 5.01. The number of nitrogens with zero attached hydrogens (tertiary/aromatic N) is 1. The maximum Gasteiger partial charge on any atom is 0.0897 e. The molecule has 1 aromatic carbocycles. The fourth-order valence-corrected chi connectivity index (χ4v) is 3.00. The van der Waals surface area contributed by atoms with Crippen LogP contribution in [-0.4, -0.2) is 31.8 Å². The van der Waals surface area contributed by atoms with Crippen LogP contribution in [0.25, 0.3) is 0 Å². The summed E-state index contributed by atoms with van der Waals surface area (Å²) >= 11 is 7.69. The molecule has 1 unspecified atom stereocenters. The Balaban J connectivity index is 2.04. The van der Waals surface area contributed by atoms with Gasteiger partial charge in [0.05, 0.1) is 17.3 Å². The molecule has 0 radical (unpaired) electrons. The monoisotopic (exact) mass is 324 g/mol. The molecule has 1 N–H and O–H groups in total. The van der Waals surface area contributed by atoms with Crippen LogP contribution in [0.3, 0.4) is 0 Å². The minimum absolute atomic E-state index is 0.389. The molecule has 0 aliphatic heterocycles. The highest BCUT2D eigenvalue weighted by Crippen LogP contribution is 2.23. The van der Waals surface area contributed by atoms with Gasteiger partial charge in [0.25, 0.3) is 0 Å². The Morgan fingerprint density at radius 3 is 2.71 bits per heavy atom. The number of hydrogen-bond donors (Lipinski definition) is 1. The lowest BCUT2D eigenvalue weighted by molar-refractivity contribution is 0.199. The van der Waals surface area contributed by atoms with Crippen LogP contribution in [0, 0.1) is 6.92 Å². The SMILES string of the molecule is COCCNCC(Cc1csc(C)n1)c1ccc(Cl)cc1. The number of thiazole rings is 1. The predicted octanol–water partition coefficient (Wildman–Crippen LogP) is 3.67. The van der Waals surface area contributed by atoms with Gasteiger partial charge in [-0.15, -0.1) is 11.3 Å². The number of aromatic nitrogens is 1. The van der Waals surface area contributed by atoms with Gasteiger partial charge in [0, 0.05) is 36.5 Å². The van der Waals surface area contributed by atoms with Crippen LogP contribution >= 0.6 is 22.9 Å². The maximum absolute atomic E-state index is 5.98. The van der Waals surface area contributed by atoms with Gasteiger partial charge in [0.2, 0.25) is 0 Å². The summed E-state index contributed by atoms with van der Waals surface area (Å²) in [6, 6.07) is 8.10. The van der Waals surface area contributed by atoms with E-state index in [0.717, 1.165) is 41.8 Å². The summed E-state index contributed by atoms with van der Waals surface area (Å²) in [5, 5.41) is 7.48. The Kier molecular flexibility index (Phi) is 6.64.